The second kappa shape index (κ2) is 16.0. The van der Waals surface area contributed by atoms with E-state index in [4.69, 9.17) is 19.5 Å². The minimum absolute atomic E-state index is 0.135. The highest BCUT2D eigenvalue weighted by Gasteiger charge is 2.34. The molecule has 0 saturated carbocycles. The lowest BCUT2D eigenvalue weighted by Crippen LogP contribution is -2.39. The van der Waals surface area contributed by atoms with Crippen molar-refractivity contribution >= 4 is 30.6 Å². The van der Waals surface area contributed by atoms with E-state index in [0.29, 0.717) is 22.5 Å². The fourth-order valence-corrected chi connectivity index (χ4v) is 6.46. The summed E-state index contributed by atoms with van der Waals surface area (Å²) in [6, 6.07) is 21.8. The third kappa shape index (κ3) is 9.50. The van der Waals surface area contributed by atoms with Gasteiger partial charge in [-0.3, -0.25) is 9.32 Å². The zero-order chi connectivity index (χ0) is 34.1. The van der Waals surface area contributed by atoms with Crippen molar-refractivity contribution in [3.05, 3.63) is 115 Å². The SMILES string of the molecule is CC(NP(=O)(Oc1ccccc1)O[C@H](C)Cn1cnc2c(NC(=O)C(N)Cc3ccc(F)cc3)ncnc21)C(O)OCc1ccccc1. The zero-order valence-electron chi connectivity index (χ0n) is 26.3. The molecule has 0 aliphatic heterocycles. The highest BCUT2D eigenvalue weighted by atomic mass is 31.2. The number of ether oxygens (including phenoxy) is 1. The molecule has 0 spiro atoms. The number of nitrogens with zero attached hydrogens (tertiary/aromatic N) is 4. The monoisotopic (exact) mass is 677 g/mol. The summed E-state index contributed by atoms with van der Waals surface area (Å²) in [6.45, 7) is 3.58. The van der Waals surface area contributed by atoms with E-state index in [-0.39, 0.29) is 31.2 Å². The van der Waals surface area contributed by atoms with Gasteiger partial charge >= 0.3 is 7.75 Å². The van der Waals surface area contributed by atoms with Crippen LogP contribution in [0.15, 0.2) is 97.6 Å². The molecule has 2 heterocycles. The van der Waals surface area contributed by atoms with E-state index in [1.165, 1.54) is 24.8 Å². The fourth-order valence-electron chi connectivity index (χ4n) is 4.74. The Morgan fingerprint density at radius 2 is 1.67 bits per heavy atom. The van der Waals surface area contributed by atoms with Crippen LogP contribution in [0.2, 0.25) is 0 Å². The van der Waals surface area contributed by atoms with Gasteiger partial charge in [0, 0.05) is 0 Å². The summed E-state index contributed by atoms with van der Waals surface area (Å²) in [6.07, 6.45) is 0.904. The Balaban J connectivity index is 1.25. The number of carbonyl (C=O) groups excluding carboxylic acids is 1. The number of halogens is 1. The lowest BCUT2D eigenvalue weighted by atomic mass is 10.1. The quantitative estimate of drug-likeness (QED) is 0.0850. The summed E-state index contributed by atoms with van der Waals surface area (Å²) in [5.74, 6) is -0.424. The van der Waals surface area contributed by atoms with Crippen LogP contribution in [0, 0.1) is 5.82 Å². The molecule has 0 radical (unpaired) electrons. The molecule has 4 unspecified atom stereocenters. The van der Waals surface area contributed by atoms with Gasteiger partial charge in [-0.25, -0.2) is 29.0 Å². The van der Waals surface area contributed by atoms with Gasteiger partial charge in [0.25, 0.3) is 0 Å². The van der Waals surface area contributed by atoms with Crippen molar-refractivity contribution in [2.45, 2.75) is 57.9 Å². The number of rotatable bonds is 16. The van der Waals surface area contributed by atoms with Gasteiger partial charge in [-0.1, -0.05) is 60.7 Å². The van der Waals surface area contributed by atoms with Crippen LogP contribution in [0.4, 0.5) is 10.2 Å². The normalized spacial score (nSPS) is 15.3. The highest BCUT2D eigenvalue weighted by Crippen LogP contribution is 2.46. The zero-order valence-corrected chi connectivity index (χ0v) is 27.2. The summed E-state index contributed by atoms with van der Waals surface area (Å²) in [5.41, 5.74) is 8.36. The summed E-state index contributed by atoms with van der Waals surface area (Å²) < 4.78 is 46.4. The molecule has 5 rings (SSSR count). The molecule has 0 saturated heterocycles. The van der Waals surface area contributed by atoms with Crippen LogP contribution in [0.1, 0.15) is 25.0 Å². The van der Waals surface area contributed by atoms with Crippen molar-refractivity contribution < 1.29 is 32.6 Å². The molecular formula is C33H37FN7O6P. The molecule has 1 amide bonds. The molecule has 2 aromatic heterocycles. The van der Waals surface area contributed by atoms with Crippen LogP contribution in [-0.2, 0) is 38.2 Å². The van der Waals surface area contributed by atoms with Gasteiger partial charge < -0.3 is 30.0 Å². The largest absolute Gasteiger partial charge is 0.459 e. The standard InChI is InChI=1S/C33H37FN7O6P/c1-22(46-48(44,47-27-11-7-4-8-12-27)40-23(2)33(43)45-19-25-9-5-3-6-10-25)18-41-21-38-29-30(36-20-37-31(29)41)39-32(42)28(35)17-24-13-15-26(34)16-14-24/h3-16,20-23,28,33,43H,17-19,35H2,1-2H3,(H,40,44)(H,36,37,39,42)/t22-,23?,28?,33?,48?/m1/s1. The molecule has 48 heavy (non-hydrogen) atoms. The molecule has 15 heteroatoms. The lowest BCUT2D eigenvalue weighted by molar-refractivity contribution is -0.122. The molecule has 0 fully saturated rings. The fraction of sp³-hybridized carbons (Fsp3) is 0.273. The number of imidazole rings is 1. The molecule has 5 N–H and O–H groups in total. The third-order valence-corrected chi connectivity index (χ3v) is 8.95. The maximum atomic E-state index is 14.1. The van der Waals surface area contributed by atoms with Crippen molar-refractivity contribution in [1.82, 2.24) is 24.6 Å². The number of nitrogens with one attached hydrogen (secondary N) is 2. The topological polar surface area (TPSA) is 176 Å². The van der Waals surface area contributed by atoms with E-state index in [2.05, 4.69) is 25.4 Å². The maximum absolute atomic E-state index is 14.1. The summed E-state index contributed by atoms with van der Waals surface area (Å²) in [4.78, 5) is 25.7. The Bertz CT molecular complexity index is 1830. The first-order chi connectivity index (χ1) is 23.1. The predicted octanol–water partition coefficient (Wildman–Crippen LogP) is 4.58. The Morgan fingerprint density at radius 1 is 0.979 bits per heavy atom. The number of carbonyl (C=O) groups is 1. The van der Waals surface area contributed by atoms with Gasteiger partial charge in [-0.15, -0.1) is 0 Å². The molecule has 13 nitrogen and oxygen atoms in total. The van der Waals surface area contributed by atoms with Crippen molar-refractivity contribution in [2.75, 3.05) is 5.32 Å². The Hall–Kier alpha value is -4.56. The van der Waals surface area contributed by atoms with Gasteiger partial charge in [-0.05, 0) is 55.7 Å². The number of para-hydroxylation sites is 1. The van der Waals surface area contributed by atoms with E-state index < -0.39 is 38.1 Å². The number of anilines is 1. The predicted molar refractivity (Wildman–Crippen MR) is 177 cm³/mol. The van der Waals surface area contributed by atoms with E-state index in [9.17, 15) is 18.9 Å². The minimum atomic E-state index is -4.10. The number of aliphatic hydroxyl groups excluding tert-OH is 1. The van der Waals surface area contributed by atoms with E-state index in [0.717, 1.165) is 5.56 Å². The van der Waals surface area contributed by atoms with Crippen LogP contribution >= 0.6 is 7.75 Å². The minimum Gasteiger partial charge on any atom is -0.413 e. The Labute approximate surface area is 276 Å². The maximum Gasteiger partial charge on any atom is 0.459 e. The van der Waals surface area contributed by atoms with Gasteiger partial charge in [-0.2, -0.15) is 0 Å². The van der Waals surface area contributed by atoms with Crippen molar-refractivity contribution in [3.63, 3.8) is 0 Å². The van der Waals surface area contributed by atoms with Crippen molar-refractivity contribution in [1.29, 1.82) is 0 Å². The smallest absolute Gasteiger partial charge is 0.413 e. The summed E-state index contributed by atoms with van der Waals surface area (Å²) in [7, 11) is -4.10. The second-order valence-corrected chi connectivity index (χ2v) is 12.8. The number of aromatic nitrogens is 4. The lowest BCUT2D eigenvalue weighted by Gasteiger charge is -2.28. The molecule has 5 aromatic rings. The van der Waals surface area contributed by atoms with E-state index in [1.54, 1.807) is 60.9 Å². The van der Waals surface area contributed by atoms with Crippen LogP contribution in [-0.4, -0.2) is 55.0 Å². The second-order valence-electron chi connectivity index (χ2n) is 11.1. The van der Waals surface area contributed by atoms with Crippen LogP contribution in [0.25, 0.3) is 11.2 Å². The first-order valence-electron chi connectivity index (χ1n) is 15.2. The first kappa shape index (κ1) is 34.8. The molecule has 0 bridgehead atoms. The van der Waals surface area contributed by atoms with Gasteiger partial charge in [0.1, 0.15) is 17.9 Å². The number of amides is 1. The Morgan fingerprint density at radius 3 is 2.38 bits per heavy atom. The van der Waals surface area contributed by atoms with E-state index >= 15 is 0 Å². The van der Waals surface area contributed by atoms with Gasteiger partial charge in [0.15, 0.2) is 23.3 Å². The molecule has 0 aliphatic rings. The summed E-state index contributed by atoms with van der Waals surface area (Å²) in [5, 5.41) is 16.2. The Kier molecular flexibility index (Phi) is 11.6. The van der Waals surface area contributed by atoms with Crippen LogP contribution < -0.4 is 20.7 Å². The average Bonchev–Trinajstić information content (AvgIpc) is 3.48. The highest BCUT2D eigenvalue weighted by molar-refractivity contribution is 7.52. The summed E-state index contributed by atoms with van der Waals surface area (Å²) >= 11 is 0. The molecule has 252 valence electrons. The van der Waals surface area contributed by atoms with Crippen LogP contribution in [0.5, 0.6) is 5.75 Å². The molecule has 0 aliphatic carbocycles. The van der Waals surface area contributed by atoms with Crippen LogP contribution in [0.3, 0.4) is 0 Å². The first-order valence-corrected chi connectivity index (χ1v) is 16.7. The molecule has 5 atom stereocenters. The molecular weight excluding hydrogens is 640 g/mol. The number of fused-ring (bicyclic) bond motifs is 1. The average molecular weight is 678 g/mol. The number of benzene rings is 3. The number of hydrogen-bond acceptors (Lipinski definition) is 10. The van der Waals surface area contributed by atoms with Gasteiger partial charge in [0.05, 0.1) is 37.7 Å². The van der Waals surface area contributed by atoms with Gasteiger partial charge in [0.2, 0.25) is 5.91 Å². The number of aliphatic hydroxyl groups is 1. The van der Waals surface area contributed by atoms with Crippen molar-refractivity contribution in [3.8, 4) is 5.75 Å². The number of hydrogen-bond donors (Lipinski definition) is 4. The number of nitrogens with two attached hydrogens (primary N) is 1. The van der Waals surface area contributed by atoms with Crippen molar-refractivity contribution in [2.24, 2.45) is 5.73 Å². The third-order valence-electron chi connectivity index (χ3n) is 7.14. The molecule has 3 aromatic carbocycles. The van der Waals surface area contributed by atoms with E-state index in [1.807, 2.05) is 30.3 Å².